The first kappa shape index (κ1) is 24.1. The van der Waals surface area contributed by atoms with E-state index >= 15 is 0 Å². The van der Waals surface area contributed by atoms with Crippen molar-refractivity contribution in [1.29, 1.82) is 0 Å². The second-order valence-electron chi connectivity index (χ2n) is 7.39. The van der Waals surface area contributed by atoms with E-state index in [2.05, 4.69) is 4.84 Å². The van der Waals surface area contributed by atoms with E-state index in [0.29, 0.717) is 0 Å². The Morgan fingerprint density at radius 3 is 2.09 bits per heavy atom. The van der Waals surface area contributed by atoms with Gasteiger partial charge in [-0.15, -0.1) is 0 Å². The fourth-order valence-corrected chi connectivity index (χ4v) is 3.46. The summed E-state index contributed by atoms with van der Waals surface area (Å²) in [7, 11) is 0. The average molecular weight is 466 g/mol. The number of hydroxylamine groups is 1. The first-order valence-corrected chi connectivity index (χ1v) is 9.93. The smallest absolute Gasteiger partial charge is 0.409 e. The SMILES string of the molecule is CC(ONC(=O)CC(NC(=O)OCC1c2ccccc2-c2ccccc21)C(F)(F)F)C(=O)O. The lowest BCUT2D eigenvalue weighted by atomic mass is 9.98. The van der Waals surface area contributed by atoms with E-state index in [1.165, 1.54) is 0 Å². The van der Waals surface area contributed by atoms with Crippen molar-refractivity contribution in [2.24, 2.45) is 0 Å². The number of carbonyl (C=O) groups is 3. The van der Waals surface area contributed by atoms with Gasteiger partial charge >= 0.3 is 18.2 Å². The molecule has 0 heterocycles. The van der Waals surface area contributed by atoms with Crippen LogP contribution in [0.2, 0.25) is 0 Å². The minimum atomic E-state index is -4.96. The quantitative estimate of drug-likeness (QED) is 0.514. The van der Waals surface area contributed by atoms with Crippen LogP contribution in [0.1, 0.15) is 30.4 Å². The number of benzene rings is 2. The molecule has 2 aromatic rings. The van der Waals surface area contributed by atoms with Crippen LogP contribution in [0, 0.1) is 0 Å². The lowest BCUT2D eigenvalue weighted by Gasteiger charge is -2.22. The number of amides is 2. The Hall–Kier alpha value is -3.60. The van der Waals surface area contributed by atoms with Crippen LogP contribution in [0.5, 0.6) is 0 Å². The van der Waals surface area contributed by atoms with Gasteiger partial charge in [-0.1, -0.05) is 48.5 Å². The lowest BCUT2D eigenvalue weighted by Crippen LogP contribution is -2.48. The molecular formula is C22H21F3N2O6. The molecule has 2 amide bonds. The van der Waals surface area contributed by atoms with Crippen LogP contribution in [-0.4, -0.2) is 48.0 Å². The molecule has 3 rings (SSSR count). The van der Waals surface area contributed by atoms with Gasteiger partial charge in [0.15, 0.2) is 6.10 Å². The number of alkyl carbamates (subject to hydrolysis) is 1. The van der Waals surface area contributed by atoms with Crippen molar-refractivity contribution in [1.82, 2.24) is 10.8 Å². The molecule has 8 nitrogen and oxygen atoms in total. The number of carboxylic acids is 1. The zero-order valence-corrected chi connectivity index (χ0v) is 17.4. The maximum absolute atomic E-state index is 13.3. The summed E-state index contributed by atoms with van der Waals surface area (Å²) in [6.45, 7) is 0.884. The summed E-state index contributed by atoms with van der Waals surface area (Å²) in [5.74, 6) is -3.02. The topological polar surface area (TPSA) is 114 Å². The highest BCUT2D eigenvalue weighted by atomic mass is 19.4. The molecule has 0 bridgehead atoms. The highest BCUT2D eigenvalue weighted by Crippen LogP contribution is 2.44. The van der Waals surface area contributed by atoms with Crippen LogP contribution in [0.15, 0.2) is 48.5 Å². The normalized spacial score (nSPS) is 14.5. The molecule has 2 aromatic carbocycles. The summed E-state index contributed by atoms with van der Waals surface area (Å²) in [5, 5.41) is 10.3. The zero-order chi connectivity index (χ0) is 24.2. The van der Waals surface area contributed by atoms with Crippen LogP contribution in [0.25, 0.3) is 11.1 Å². The van der Waals surface area contributed by atoms with Gasteiger partial charge in [0.2, 0.25) is 5.91 Å². The highest BCUT2D eigenvalue weighted by molar-refractivity contribution is 5.79. The Bertz CT molecular complexity index is 997. The Balaban J connectivity index is 1.61. The lowest BCUT2D eigenvalue weighted by molar-refractivity contribution is -0.169. The number of rotatable bonds is 8. The fraction of sp³-hybridized carbons (Fsp3) is 0.318. The highest BCUT2D eigenvalue weighted by Gasteiger charge is 2.42. The Morgan fingerprint density at radius 1 is 1.03 bits per heavy atom. The Morgan fingerprint density at radius 2 is 1.58 bits per heavy atom. The predicted octanol–water partition coefficient (Wildman–Crippen LogP) is 3.37. The van der Waals surface area contributed by atoms with Crippen LogP contribution in [0.4, 0.5) is 18.0 Å². The van der Waals surface area contributed by atoms with Crippen molar-refractivity contribution < 1.29 is 42.2 Å². The number of ether oxygens (including phenoxy) is 1. The number of carboxylic acid groups (broad SMARTS) is 1. The number of hydrogen-bond donors (Lipinski definition) is 3. The van der Waals surface area contributed by atoms with Crippen LogP contribution < -0.4 is 10.8 Å². The molecule has 1 aliphatic rings. The molecule has 0 spiro atoms. The number of hydrogen-bond acceptors (Lipinski definition) is 5. The molecule has 2 unspecified atom stereocenters. The largest absolute Gasteiger partial charge is 0.479 e. The summed E-state index contributed by atoms with van der Waals surface area (Å²) >= 11 is 0. The summed E-state index contributed by atoms with van der Waals surface area (Å²) in [4.78, 5) is 39.0. The van der Waals surface area contributed by atoms with Gasteiger partial charge in [0, 0.05) is 5.92 Å². The molecular weight excluding hydrogens is 445 g/mol. The number of fused-ring (bicyclic) bond motifs is 3. The van der Waals surface area contributed by atoms with Gasteiger partial charge in [-0.3, -0.25) is 9.63 Å². The minimum absolute atomic E-state index is 0.199. The maximum Gasteiger partial charge on any atom is 0.409 e. The van der Waals surface area contributed by atoms with E-state index in [4.69, 9.17) is 9.84 Å². The Kier molecular flexibility index (Phi) is 7.22. The minimum Gasteiger partial charge on any atom is -0.479 e. The van der Waals surface area contributed by atoms with E-state index in [0.717, 1.165) is 29.2 Å². The Labute approximate surface area is 186 Å². The third kappa shape index (κ3) is 5.80. The first-order valence-electron chi connectivity index (χ1n) is 9.93. The standard InChI is InChI=1S/C22H21F3N2O6/c1-12(20(29)30)33-27-19(28)10-18(22(23,24)25)26-21(31)32-11-17-15-8-4-2-6-13(15)14-7-3-5-9-16(14)17/h2-9,12,17-18H,10-11H2,1H3,(H,26,31)(H,27,28)(H,29,30). The summed E-state index contributed by atoms with van der Waals surface area (Å²) in [6.07, 6.45) is -8.98. The second kappa shape index (κ2) is 9.90. The van der Waals surface area contributed by atoms with E-state index in [9.17, 15) is 27.6 Å². The molecule has 1 aliphatic carbocycles. The van der Waals surface area contributed by atoms with Gasteiger partial charge in [-0.2, -0.15) is 13.2 Å². The molecule has 11 heteroatoms. The van der Waals surface area contributed by atoms with Crippen molar-refractivity contribution in [3.05, 3.63) is 59.7 Å². The number of aliphatic carboxylic acids is 1. The van der Waals surface area contributed by atoms with Gasteiger partial charge in [0.1, 0.15) is 12.6 Å². The molecule has 0 fully saturated rings. The molecule has 0 radical (unpaired) electrons. The second-order valence-corrected chi connectivity index (χ2v) is 7.39. The summed E-state index contributed by atoms with van der Waals surface area (Å²) < 4.78 is 45.0. The molecule has 176 valence electrons. The van der Waals surface area contributed by atoms with Gasteiger partial charge < -0.3 is 15.2 Å². The van der Waals surface area contributed by atoms with Crippen LogP contribution in [-0.2, 0) is 19.2 Å². The molecule has 3 N–H and O–H groups in total. The predicted molar refractivity (Wildman–Crippen MR) is 109 cm³/mol. The first-order chi connectivity index (χ1) is 15.6. The van der Waals surface area contributed by atoms with E-state index < -0.39 is 42.7 Å². The number of halogens is 3. The molecule has 0 saturated heterocycles. The third-order valence-corrected chi connectivity index (χ3v) is 5.12. The van der Waals surface area contributed by atoms with Crippen LogP contribution in [0.3, 0.4) is 0 Å². The van der Waals surface area contributed by atoms with Crippen LogP contribution >= 0.6 is 0 Å². The maximum atomic E-state index is 13.3. The van der Waals surface area contributed by atoms with Gasteiger partial charge in [0.05, 0.1) is 6.42 Å². The van der Waals surface area contributed by atoms with Crippen molar-refractivity contribution in [3.63, 3.8) is 0 Å². The third-order valence-electron chi connectivity index (χ3n) is 5.12. The van der Waals surface area contributed by atoms with Crippen molar-refractivity contribution in [2.75, 3.05) is 6.61 Å². The number of nitrogens with one attached hydrogen (secondary N) is 2. The summed E-state index contributed by atoms with van der Waals surface area (Å²) in [6, 6.07) is 12.4. The molecule has 33 heavy (non-hydrogen) atoms. The van der Waals surface area contributed by atoms with E-state index in [1.807, 2.05) is 48.5 Å². The van der Waals surface area contributed by atoms with E-state index in [1.54, 1.807) is 10.8 Å². The molecule has 0 saturated carbocycles. The zero-order valence-electron chi connectivity index (χ0n) is 17.4. The average Bonchev–Trinajstić information content (AvgIpc) is 3.08. The fourth-order valence-electron chi connectivity index (χ4n) is 3.46. The number of carbonyl (C=O) groups excluding carboxylic acids is 2. The van der Waals surface area contributed by atoms with Gasteiger partial charge in [-0.25, -0.2) is 15.1 Å². The van der Waals surface area contributed by atoms with Crippen molar-refractivity contribution >= 4 is 18.0 Å². The molecule has 0 aliphatic heterocycles. The van der Waals surface area contributed by atoms with Gasteiger partial charge in [0.25, 0.3) is 0 Å². The van der Waals surface area contributed by atoms with Crippen molar-refractivity contribution in [3.8, 4) is 11.1 Å². The van der Waals surface area contributed by atoms with Gasteiger partial charge in [-0.05, 0) is 29.2 Å². The summed E-state index contributed by atoms with van der Waals surface area (Å²) in [5.41, 5.74) is 5.33. The number of alkyl halides is 3. The molecule has 2 atom stereocenters. The van der Waals surface area contributed by atoms with E-state index in [-0.39, 0.29) is 12.5 Å². The van der Waals surface area contributed by atoms with Crippen molar-refractivity contribution in [2.45, 2.75) is 37.6 Å². The monoisotopic (exact) mass is 466 g/mol. The molecule has 0 aromatic heterocycles.